The Balaban J connectivity index is 2.01. The fourth-order valence-corrected chi connectivity index (χ4v) is 3.41. The molecule has 0 radical (unpaired) electrons. The number of H-pyrrole nitrogens is 1. The predicted octanol–water partition coefficient (Wildman–Crippen LogP) is 3.13. The fraction of sp³-hybridized carbons (Fsp3) is 0.235. The van der Waals surface area contributed by atoms with Crippen molar-refractivity contribution in [2.45, 2.75) is 19.8 Å². The molecule has 116 valence electrons. The molecule has 0 amide bonds. The average molecular weight is 328 g/mol. The molecule has 0 fully saturated rings. The summed E-state index contributed by atoms with van der Waals surface area (Å²) in [6, 6.07) is 7.03. The number of carbonyl (C=O) groups is 1. The van der Waals surface area contributed by atoms with Gasteiger partial charge in [0.05, 0.1) is 11.1 Å². The third-order valence-electron chi connectivity index (χ3n) is 4.27. The molecule has 0 aliphatic heterocycles. The van der Waals surface area contributed by atoms with Crippen LogP contribution in [-0.4, -0.2) is 20.5 Å². The molecule has 0 unspecified atom stereocenters. The van der Waals surface area contributed by atoms with Gasteiger partial charge in [0, 0.05) is 23.2 Å². The maximum Gasteiger partial charge on any atom is 0.281 e. The summed E-state index contributed by atoms with van der Waals surface area (Å²) < 4.78 is 1.42. The van der Waals surface area contributed by atoms with Crippen LogP contribution in [0.15, 0.2) is 35.3 Å². The number of pyridine rings is 1. The number of ketones is 1. The molecule has 0 spiro atoms. The minimum atomic E-state index is -0.200. The van der Waals surface area contributed by atoms with E-state index in [1.165, 1.54) is 4.68 Å². The summed E-state index contributed by atoms with van der Waals surface area (Å²) in [4.78, 5) is 29.3. The van der Waals surface area contributed by atoms with E-state index in [9.17, 15) is 9.59 Å². The fourth-order valence-electron chi connectivity index (χ4n) is 3.23. The van der Waals surface area contributed by atoms with Crippen LogP contribution in [0.4, 0.5) is 0 Å². The van der Waals surface area contributed by atoms with Crippen LogP contribution < -0.4 is 5.56 Å². The zero-order valence-electron chi connectivity index (χ0n) is 12.5. The SMILES string of the molecule is C[C@H]1CC(=O)c2cnc3[nH]n(-c4cccc(Cl)c4)c(=O)c3c2C1. The van der Waals surface area contributed by atoms with Crippen molar-refractivity contribution in [1.82, 2.24) is 14.8 Å². The van der Waals surface area contributed by atoms with E-state index in [0.717, 1.165) is 5.56 Å². The van der Waals surface area contributed by atoms with Gasteiger partial charge in [0.25, 0.3) is 5.56 Å². The van der Waals surface area contributed by atoms with E-state index < -0.39 is 0 Å². The second kappa shape index (κ2) is 5.06. The van der Waals surface area contributed by atoms with E-state index in [4.69, 9.17) is 11.6 Å². The van der Waals surface area contributed by atoms with Crippen molar-refractivity contribution in [3.63, 3.8) is 0 Å². The van der Waals surface area contributed by atoms with Gasteiger partial charge in [0.1, 0.15) is 0 Å². The molecular formula is C17H14ClN3O2. The van der Waals surface area contributed by atoms with Crippen LogP contribution in [-0.2, 0) is 6.42 Å². The summed E-state index contributed by atoms with van der Waals surface area (Å²) in [6.07, 6.45) is 2.79. The summed E-state index contributed by atoms with van der Waals surface area (Å²) in [5.74, 6) is 0.289. The first-order valence-electron chi connectivity index (χ1n) is 7.46. The molecule has 23 heavy (non-hydrogen) atoms. The summed E-state index contributed by atoms with van der Waals surface area (Å²) in [7, 11) is 0. The highest BCUT2D eigenvalue weighted by molar-refractivity contribution is 6.30. The van der Waals surface area contributed by atoms with Crippen LogP contribution in [0.2, 0.25) is 5.02 Å². The number of rotatable bonds is 1. The molecule has 1 N–H and O–H groups in total. The smallest absolute Gasteiger partial charge is 0.281 e. The first-order chi connectivity index (χ1) is 11.0. The molecule has 1 aliphatic rings. The van der Waals surface area contributed by atoms with E-state index in [1.54, 1.807) is 30.5 Å². The molecule has 1 atom stereocenters. The Labute approximate surface area is 136 Å². The normalized spacial score (nSPS) is 17.5. The number of hydrogen-bond donors (Lipinski definition) is 1. The summed E-state index contributed by atoms with van der Waals surface area (Å²) in [5.41, 5.74) is 2.32. The molecule has 3 aromatic rings. The van der Waals surface area contributed by atoms with Gasteiger partial charge in [-0.15, -0.1) is 0 Å². The van der Waals surface area contributed by atoms with Crippen molar-refractivity contribution < 1.29 is 4.79 Å². The Bertz CT molecular complexity index is 1000. The number of fused-ring (bicyclic) bond motifs is 3. The molecular weight excluding hydrogens is 314 g/mol. The maximum absolute atomic E-state index is 12.9. The summed E-state index contributed by atoms with van der Waals surface area (Å²) >= 11 is 6.01. The van der Waals surface area contributed by atoms with Crippen molar-refractivity contribution in [2.24, 2.45) is 5.92 Å². The minimum absolute atomic E-state index is 0.0584. The molecule has 2 heterocycles. The molecule has 2 aromatic heterocycles. The van der Waals surface area contributed by atoms with E-state index in [-0.39, 0.29) is 17.3 Å². The number of Topliss-reactive ketones (excluding diaryl/α,β-unsaturated/α-hetero) is 1. The number of aromatic amines is 1. The molecule has 5 nitrogen and oxygen atoms in total. The molecule has 6 heteroatoms. The molecule has 4 rings (SSSR count). The highest BCUT2D eigenvalue weighted by Gasteiger charge is 2.27. The van der Waals surface area contributed by atoms with Crippen molar-refractivity contribution in [3.05, 3.63) is 57.0 Å². The standard InChI is InChI=1S/C17H14ClN3O2/c1-9-5-12-13(14(22)6-9)8-19-16-15(12)17(23)21(20-16)11-4-2-3-10(18)7-11/h2-4,7-9H,5-6H2,1H3,(H,19,20)/t9-/m1/s1. The maximum atomic E-state index is 12.9. The second-order valence-corrected chi connectivity index (χ2v) is 6.48. The summed E-state index contributed by atoms with van der Waals surface area (Å²) in [6.45, 7) is 2.02. The summed E-state index contributed by atoms with van der Waals surface area (Å²) in [5, 5.41) is 4.06. The Morgan fingerprint density at radius 1 is 1.30 bits per heavy atom. The number of hydrogen-bond acceptors (Lipinski definition) is 3. The topological polar surface area (TPSA) is 67.8 Å². The number of aromatic nitrogens is 3. The van der Waals surface area contributed by atoms with Crippen LogP contribution in [0.25, 0.3) is 16.7 Å². The van der Waals surface area contributed by atoms with Crippen LogP contribution in [0.3, 0.4) is 0 Å². The van der Waals surface area contributed by atoms with Gasteiger partial charge in [-0.1, -0.05) is 24.6 Å². The van der Waals surface area contributed by atoms with Crippen molar-refractivity contribution in [2.75, 3.05) is 0 Å². The van der Waals surface area contributed by atoms with Gasteiger partial charge < -0.3 is 0 Å². The van der Waals surface area contributed by atoms with Crippen molar-refractivity contribution >= 4 is 28.4 Å². The largest absolute Gasteiger partial charge is 0.294 e. The number of nitrogens with one attached hydrogen (secondary N) is 1. The number of nitrogens with zero attached hydrogens (tertiary/aromatic N) is 2. The number of halogens is 1. The van der Waals surface area contributed by atoms with Crippen molar-refractivity contribution in [3.8, 4) is 5.69 Å². The number of carbonyl (C=O) groups excluding carboxylic acids is 1. The van der Waals surface area contributed by atoms with Gasteiger partial charge in [-0.05, 0) is 36.1 Å². The lowest BCUT2D eigenvalue weighted by atomic mass is 9.84. The Kier molecular flexibility index (Phi) is 3.13. The highest BCUT2D eigenvalue weighted by Crippen LogP contribution is 2.28. The van der Waals surface area contributed by atoms with Gasteiger partial charge in [-0.2, -0.15) is 0 Å². The van der Waals surface area contributed by atoms with E-state index >= 15 is 0 Å². The van der Waals surface area contributed by atoms with Gasteiger partial charge in [-0.25, -0.2) is 9.67 Å². The third-order valence-corrected chi connectivity index (χ3v) is 4.51. The lowest BCUT2D eigenvalue weighted by molar-refractivity contribution is 0.0953. The zero-order chi connectivity index (χ0) is 16.1. The molecule has 0 bridgehead atoms. The second-order valence-electron chi connectivity index (χ2n) is 6.04. The predicted molar refractivity (Wildman–Crippen MR) is 88.5 cm³/mol. The van der Waals surface area contributed by atoms with Crippen LogP contribution >= 0.6 is 11.6 Å². The van der Waals surface area contributed by atoms with Gasteiger partial charge >= 0.3 is 0 Å². The van der Waals surface area contributed by atoms with Crippen LogP contribution in [0.5, 0.6) is 0 Å². The first-order valence-corrected chi connectivity index (χ1v) is 7.84. The highest BCUT2D eigenvalue weighted by atomic mass is 35.5. The monoisotopic (exact) mass is 327 g/mol. The molecule has 1 aliphatic carbocycles. The van der Waals surface area contributed by atoms with Gasteiger partial charge in [0.2, 0.25) is 0 Å². The van der Waals surface area contributed by atoms with Crippen LogP contribution in [0, 0.1) is 5.92 Å². The zero-order valence-corrected chi connectivity index (χ0v) is 13.2. The molecule has 0 saturated heterocycles. The lowest BCUT2D eigenvalue weighted by Gasteiger charge is -2.19. The lowest BCUT2D eigenvalue weighted by Crippen LogP contribution is -2.21. The number of benzene rings is 1. The quantitative estimate of drug-likeness (QED) is 0.746. The van der Waals surface area contributed by atoms with Gasteiger partial charge in [-0.3, -0.25) is 14.7 Å². The molecule has 0 saturated carbocycles. The van der Waals surface area contributed by atoms with E-state index in [1.807, 2.05) is 6.92 Å². The Morgan fingerprint density at radius 2 is 2.13 bits per heavy atom. The van der Waals surface area contributed by atoms with E-state index in [2.05, 4.69) is 10.1 Å². The first kappa shape index (κ1) is 14.2. The third kappa shape index (κ3) is 2.19. The van der Waals surface area contributed by atoms with Crippen molar-refractivity contribution in [1.29, 1.82) is 0 Å². The Morgan fingerprint density at radius 3 is 2.91 bits per heavy atom. The van der Waals surface area contributed by atoms with Crippen LogP contribution in [0.1, 0.15) is 29.3 Å². The molecule has 1 aromatic carbocycles. The average Bonchev–Trinajstić information content (AvgIpc) is 2.84. The van der Waals surface area contributed by atoms with E-state index in [0.29, 0.717) is 40.1 Å². The minimum Gasteiger partial charge on any atom is -0.294 e. The van der Waals surface area contributed by atoms with Gasteiger partial charge in [0.15, 0.2) is 11.4 Å². The Hall–Kier alpha value is -2.40.